The average molecular weight is 226 g/mol. The molecule has 0 amide bonds. The third-order valence-corrected chi connectivity index (χ3v) is 3.69. The molecule has 2 aromatic rings. The quantitative estimate of drug-likeness (QED) is 0.803. The Balaban J connectivity index is 2.10. The van der Waals surface area contributed by atoms with Gasteiger partial charge in [0.1, 0.15) is 0 Å². The summed E-state index contributed by atoms with van der Waals surface area (Å²) in [4.78, 5) is 2.44. The maximum atomic E-state index is 3.49. The molecule has 88 valence electrons. The zero-order valence-corrected chi connectivity index (χ0v) is 10.2. The van der Waals surface area contributed by atoms with Crippen molar-refractivity contribution < 1.29 is 0 Å². The van der Waals surface area contributed by atoms with Crippen molar-refractivity contribution in [3.05, 3.63) is 48.0 Å². The first-order chi connectivity index (χ1) is 8.36. The Morgan fingerprint density at radius 3 is 2.82 bits per heavy atom. The van der Waals surface area contributed by atoms with E-state index in [1.165, 1.54) is 16.3 Å². The van der Waals surface area contributed by atoms with E-state index in [2.05, 4.69) is 59.7 Å². The van der Waals surface area contributed by atoms with Gasteiger partial charge in [-0.25, -0.2) is 0 Å². The molecule has 2 heteroatoms. The minimum Gasteiger partial charge on any atom is -0.314 e. The van der Waals surface area contributed by atoms with Crippen molar-refractivity contribution in [3.63, 3.8) is 0 Å². The summed E-state index contributed by atoms with van der Waals surface area (Å²) in [5.74, 6) is 0. The Labute approximate surface area is 102 Å². The Morgan fingerprint density at radius 1 is 1.12 bits per heavy atom. The molecule has 0 aromatic heterocycles. The number of nitrogens with one attached hydrogen (secondary N) is 1. The van der Waals surface area contributed by atoms with Gasteiger partial charge in [0.25, 0.3) is 0 Å². The number of nitrogens with zero attached hydrogens (tertiary/aromatic N) is 1. The second-order valence-corrected chi connectivity index (χ2v) is 4.77. The van der Waals surface area contributed by atoms with Crippen LogP contribution in [0.2, 0.25) is 0 Å². The van der Waals surface area contributed by atoms with Crippen LogP contribution >= 0.6 is 0 Å². The second kappa shape index (κ2) is 4.47. The van der Waals surface area contributed by atoms with Crippen molar-refractivity contribution in [2.45, 2.75) is 6.04 Å². The second-order valence-electron chi connectivity index (χ2n) is 4.77. The molecule has 0 saturated carbocycles. The lowest BCUT2D eigenvalue weighted by molar-refractivity contribution is 0.203. The third-order valence-electron chi connectivity index (χ3n) is 3.69. The number of fused-ring (bicyclic) bond motifs is 1. The van der Waals surface area contributed by atoms with Gasteiger partial charge < -0.3 is 5.32 Å². The minimum atomic E-state index is 0.495. The van der Waals surface area contributed by atoms with E-state index in [0.717, 1.165) is 19.6 Å². The lowest BCUT2D eigenvalue weighted by Crippen LogP contribution is -2.43. The molecule has 0 spiro atoms. The van der Waals surface area contributed by atoms with Gasteiger partial charge in [-0.15, -0.1) is 0 Å². The number of likely N-dealkylation sites (N-methyl/N-ethyl adjacent to an activating group) is 1. The van der Waals surface area contributed by atoms with Crippen LogP contribution < -0.4 is 5.32 Å². The van der Waals surface area contributed by atoms with Crippen LogP contribution in [0.4, 0.5) is 0 Å². The molecule has 0 aliphatic carbocycles. The van der Waals surface area contributed by atoms with Crippen molar-refractivity contribution in [2.75, 3.05) is 26.7 Å². The summed E-state index contributed by atoms with van der Waals surface area (Å²) in [5, 5.41) is 6.21. The summed E-state index contributed by atoms with van der Waals surface area (Å²) in [6.07, 6.45) is 0. The van der Waals surface area contributed by atoms with Crippen molar-refractivity contribution in [3.8, 4) is 0 Å². The highest BCUT2D eigenvalue weighted by Crippen LogP contribution is 2.28. The molecule has 0 radical (unpaired) electrons. The normalized spacial score (nSPS) is 21.8. The summed E-state index contributed by atoms with van der Waals surface area (Å²) >= 11 is 0. The fourth-order valence-corrected chi connectivity index (χ4v) is 2.69. The fraction of sp³-hybridized carbons (Fsp3) is 0.333. The molecule has 1 fully saturated rings. The highest BCUT2D eigenvalue weighted by Gasteiger charge is 2.21. The van der Waals surface area contributed by atoms with Gasteiger partial charge in [-0.05, 0) is 23.4 Å². The highest BCUT2D eigenvalue weighted by molar-refractivity contribution is 5.86. The molecule has 1 aliphatic heterocycles. The van der Waals surface area contributed by atoms with Crippen LogP contribution in [0.3, 0.4) is 0 Å². The van der Waals surface area contributed by atoms with Crippen molar-refractivity contribution in [1.29, 1.82) is 0 Å². The Hall–Kier alpha value is -1.38. The SMILES string of the molecule is CN1CCNCC1c1cccc2ccccc12. The van der Waals surface area contributed by atoms with Crippen LogP contribution in [0.25, 0.3) is 10.8 Å². The van der Waals surface area contributed by atoms with Gasteiger partial charge in [-0.3, -0.25) is 4.90 Å². The lowest BCUT2D eigenvalue weighted by Gasteiger charge is -2.34. The minimum absolute atomic E-state index is 0.495. The number of rotatable bonds is 1. The first kappa shape index (κ1) is 10.8. The van der Waals surface area contributed by atoms with Gasteiger partial charge in [0.15, 0.2) is 0 Å². The molecule has 2 aromatic carbocycles. The van der Waals surface area contributed by atoms with E-state index < -0.39 is 0 Å². The standard InChI is InChI=1S/C15H18N2/c1-17-10-9-16-11-15(17)14-8-4-6-12-5-2-3-7-13(12)14/h2-8,15-16H,9-11H2,1H3. The van der Waals surface area contributed by atoms with E-state index in [1.807, 2.05) is 0 Å². The Kier molecular flexibility index (Phi) is 2.83. The Bertz CT molecular complexity index is 516. The van der Waals surface area contributed by atoms with Crippen LogP contribution in [0.15, 0.2) is 42.5 Å². The van der Waals surface area contributed by atoms with E-state index in [4.69, 9.17) is 0 Å². The smallest absolute Gasteiger partial charge is 0.0476 e. The molecule has 1 atom stereocenters. The summed E-state index contributed by atoms with van der Waals surface area (Å²) in [5.41, 5.74) is 1.44. The van der Waals surface area contributed by atoms with Crippen molar-refractivity contribution >= 4 is 10.8 Å². The topological polar surface area (TPSA) is 15.3 Å². The summed E-state index contributed by atoms with van der Waals surface area (Å²) in [6, 6.07) is 15.8. The third kappa shape index (κ3) is 1.94. The van der Waals surface area contributed by atoms with Gasteiger partial charge in [0.05, 0.1) is 0 Å². The fourth-order valence-electron chi connectivity index (χ4n) is 2.69. The largest absolute Gasteiger partial charge is 0.314 e. The molecule has 1 N–H and O–H groups in total. The predicted molar refractivity (Wildman–Crippen MR) is 72.2 cm³/mol. The molecule has 0 bridgehead atoms. The van der Waals surface area contributed by atoms with Crippen LogP contribution in [0, 0.1) is 0 Å². The molecular weight excluding hydrogens is 208 g/mol. The number of hydrogen-bond acceptors (Lipinski definition) is 2. The molecule has 1 aliphatic rings. The maximum Gasteiger partial charge on any atom is 0.0476 e. The molecule has 1 saturated heterocycles. The molecule has 2 nitrogen and oxygen atoms in total. The molecular formula is C15H18N2. The maximum absolute atomic E-state index is 3.49. The Morgan fingerprint density at radius 2 is 1.94 bits per heavy atom. The van der Waals surface area contributed by atoms with Crippen LogP contribution in [0.1, 0.15) is 11.6 Å². The van der Waals surface area contributed by atoms with Crippen LogP contribution in [-0.4, -0.2) is 31.6 Å². The van der Waals surface area contributed by atoms with Crippen LogP contribution in [-0.2, 0) is 0 Å². The van der Waals surface area contributed by atoms with Crippen molar-refractivity contribution in [1.82, 2.24) is 10.2 Å². The lowest BCUT2D eigenvalue weighted by atomic mass is 9.97. The summed E-state index contributed by atoms with van der Waals surface area (Å²) < 4.78 is 0. The first-order valence-corrected chi connectivity index (χ1v) is 6.25. The molecule has 17 heavy (non-hydrogen) atoms. The number of piperazine rings is 1. The van der Waals surface area contributed by atoms with Gasteiger partial charge >= 0.3 is 0 Å². The monoisotopic (exact) mass is 226 g/mol. The molecule has 3 rings (SSSR count). The van der Waals surface area contributed by atoms with E-state index in [-0.39, 0.29) is 0 Å². The van der Waals surface area contributed by atoms with Gasteiger partial charge in [-0.2, -0.15) is 0 Å². The summed E-state index contributed by atoms with van der Waals surface area (Å²) in [7, 11) is 2.22. The summed E-state index contributed by atoms with van der Waals surface area (Å²) in [6.45, 7) is 3.26. The van der Waals surface area contributed by atoms with Crippen LogP contribution in [0.5, 0.6) is 0 Å². The molecule has 1 unspecified atom stereocenters. The predicted octanol–water partition coefficient (Wildman–Crippen LogP) is 2.42. The van der Waals surface area contributed by atoms with E-state index in [0.29, 0.717) is 6.04 Å². The molecule has 1 heterocycles. The van der Waals surface area contributed by atoms with E-state index >= 15 is 0 Å². The van der Waals surface area contributed by atoms with E-state index in [1.54, 1.807) is 0 Å². The van der Waals surface area contributed by atoms with Gasteiger partial charge in [0.2, 0.25) is 0 Å². The van der Waals surface area contributed by atoms with Gasteiger partial charge in [-0.1, -0.05) is 42.5 Å². The highest BCUT2D eigenvalue weighted by atomic mass is 15.2. The zero-order chi connectivity index (χ0) is 11.7. The van der Waals surface area contributed by atoms with E-state index in [9.17, 15) is 0 Å². The number of benzene rings is 2. The van der Waals surface area contributed by atoms with Crippen molar-refractivity contribution in [2.24, 2.45) is 0 Å². The zero-order valence-electron chi connectivity index (χ0n) is 10.2. The first-order valence-electron chi connectivity index (χ1n) is 6.25. The average Bonchev–Trinajstić information content (AvgIpc) is 2.39. The number of hydrogen-bond donors (Lipinski definition) is 1. The van der Waals surface area contributed by atoms with Gasteiger partial charge in [0, 0.05) is 25.7 Å².